The van der Waals surface area contributed by atoms with Crippen molar-refractivity contribution in [3.63, 3.8) is 0 Å². The van der Waals surface area contributed by atoms with Crippen molar-refractivity contribution in [1.29, 1.82) is 0 Å². The fraction of sp³-hybridized carbons (Fsp3) is 0.625. The van der Waals surface area contributed by atoms with Crippen molar-refractivity contribution in [2.75, 3.05) is 13.6 Å². The van der Waals surface area contributed by atoms with Crippen LogP contribution in [0, 0.1) is 5.41 Å². The third kappa shape index (κ3) is 2.74. The molecular formula is C16H25BrN2. The normalized spacial score (nSPS) is 26.0. The molecule has 1 unspecified atom stereocenters. The summed E-state index contributed by atoms with van der Waals surface area (Å²) >= 11 is 3.55. The van der Waals surface area contributed by atoms with E-state index in [9.17, 15) is 0 Å². The quantitative estimate of drug-likeness (QED) is 0.913. The maximum Gasteiger partial charge on any atom is 0.0383 e. The molecule has 0 aliphatic heterocycles. The molecule has 19 heavy (non-hydrogen) atoms. The first-order valence-corrected chi connectivity index (χ1v) is 7.86. The van der Waals surface area contributed by atoms with E-state index in [0.29, 0.717) is 5.41 Å². The van der Waals surface area contributed by atoms with Gasteiger partial charge >= 0.3 is 0 Å². The monoisotopic (exact) mass is 324 g/mol. The number of nitrogens with zero attached hydrogens (tertiary/aromatic N) is 1. The highest BCUT2D eigenvalue weighted by Gasteiger charge is 2.50. The maximum atomic E-state index is 6.18. The zero-order chi connectivity index (χ0) is 14.1. The van der Waals surface area contributed by atoms with Crippen LogP contribution in [0.5, 0.6) is 0 Å². The standard InChI is InChI=1S/C16H25BrN2/c1-15(2)8-5-9-16(15,12-18)19(3)11-13-6-4-7-14(17)10-13/h4,6-7,10H,5,8-9,11-12,18H2,1-3H3. The molecule has 1 aromatic carbocycles. The molecule has 1 aliphatic carbocycles. The van der Waals surface area contributed by atoms with Crippen LogP contribution in [0.3, 0.4) is 0 Å². The van der Waals surface area contributed by atoms with Gasteiger partial charge in [0.2, 0.25) is 0 Å². The molecule has 0 saturated heterocycles. The minimum Gasteiger partial charge on any atom is -0.329 e. The molecule has 2 N–H and O–H groups in total. The third-order valence-corrected chi connectivity index (χ3v) is 5.52. The Balaban J connectivity index is 2.20. The first kappa shape index (κ1) is 15.0. The molecule has 1 atom stereocenters. The van der Waals surface area contributed by atoms with Gasteiger partial charge in [-0.2, -0.15) is 0 Å². The molecule has 0 heterocycles. The molecule has 0 spiro atoms. The molecule has 1 saturated carbocycles. The van der Waals surface area contributed by atoms with Crippen molar-refractivity contribution >= 4 is 15.9 Å². The van der Waals surface area contributed by atoms with E-state index in [-0.39, 0.29) is 5.54 Å². The number of hydrogen-bond donors (Lipinski definition) is 1. The lowest BCUT2D eigenvalue weighted by Crippen LogP contribution is -2.57. The van der Waals surface area contributed by atoms with Crippen molar-refractivity contribution in [2.24, 2.45) is 11.1 Å². The summed E-state index contributed by atoms with van der Waals surface area (Å²) in [5, 5.41) is 0. The minimum atomic E-state index is 0.134. The second-order valence-electron chi connectivity index (χ2n) is 6.46. The molecule has 1 aromatic rings. The van der Waals surface area contributed by atoms with E-state index in [1.165, 1.54) is 24.8 Å². The lowest BCUT2D eigenvalue weighted by atomic mass is 9.73. The third-order valence-electron chi connectivity index (χ3n) is 5.03. The van der Waals surface area contributed by atoms with Gasteiger partial charge in [-0.25, -0.2) is 0 Å². The summed E-state index contributed by atoms with van der Waals surface area (Å²) in [6, 6.07) is 8.56. The molecule has 1 fully saturated rings. The van der Waals surface area contributed by atoms with Crippen LogP contribution in [-0.2, 0) is 6.54 Å². The molecule has 0 aromatic heterocycles. The number of likely N-dealkylation sites (N-methyl/N-ethyl adjacent to an activating group) is 1. The molecule has 0 radical (unpaired) electrons. The molecule has 1 aliphatic rings. The molecule has 106 valence electrons. The van der Waals surface area contributed by atoms with E-state index in [0.717, 1.165) is 17.6 Å². The van der Waals surface area contributed by atoms with Crippen LogP contribution >= 0.6 is 15.9 Å². The fourth-order valence-corrected chi connectivity index (χ4v) is 4.14. The van der Waals surface area contributed by atoms with Gasteiger partial charge in [0, 0.05) is 23.1 Å². The van der Waals surface area contributed by atoms with Gasteiger partial charge in [-0.1, -0.05) is 48.3 Å². The second kappa shape index (κ2) is 5.55. The lowest BCUT2D eigenvalue weighted by molar-refractivity contribution is 0.0276. The summed E-state index contributed by atoms with van der Waals surface area (Å²) in [5.74, 6) is 0. The molecule has 3 heteroatoms. The Morgan fingerprint density at radius 2 is 2.05 bits per heavy atom. The van der Waals surface area contributed by atoms with E-state index in [1.54, 1.807) is 0 Å². The van der Waals surface area contributed by atoms with Gasteiger partial charge in [-0.3, -0.25) is 4.90 Å². The van der Waals surface area contributed by atoms with Gasteiger partial charge in [0.15, 0.2) is 0 Å². The maximum absolute atomic E-state index is 6.18. The Hall–Kier alpha value is -0.380. The SMILES string of the molecule is CN(Cc1cccc(Br)c1)C1(CN)CCCC1(C)C. The zero-order valence-corrected chi connectivity index (χ0v) is 13.8. The number of nitrogens with two attached hydrogens (primary N) is 1. The second-order valence-corrected chi connectivity index (χ2v) is 7.37. The van der Waals surface area contributed by atoms with Crippen molar-refractivity contribution in [3.8, 4) is 0 Å². The highest BCUT2D eigenvalue weighted by atomic mass is 79.9. The first-order chi connectivity index (χ1) is 8.91. The highest BCUT2D eigenvalue weighted by molar-refractivity contribution is 9.10. The van der Waals surface area contributed by atoms with Gasteiger partial charge in [-0.05, 0) is 43.0 Å². The molecule has 2 nitrogen and oxygen atoms in total. The predicted molar refractivity (Wildman–Crippen MR) is 85.0 cm³/mol. The van der Waals surface area contributed by atoms with Crippen LogP contribution in [0.25, 0.3) is 0 Å². The Morgan fingerprint density at radius 3 is 2.58 bits per heavy atom. The average molecular weight is 325 g/mol. The van der Waals surface area contributed by atoms with Crippen molar-refractivity contribution in [2.45, 2.75) is 45.2 Å². The summed E-state index contributed by atoms with van der Waals surface area (Å²) < 4.78 is 1.14. The van der Waals surface area contributed by atoms with Crippen molar-refractivity contribution in [1.82, 2.24) is 4.90 Å². The number of halogens is 1. The van der Waals surface area contributed by atoms with Crippen LogP contribution in [0.2, 0.25) is 0 Å². The Bertz CT molecular complexity index is 444. The topological polar surface area (TPSA) is 29.3 Å². The largest absolute Gasteiger partial charge is 0.329 e. The summed E-state index contributed by atoms with van der Waals surface area (Å²) in [4.78, 5) is 2.47. The highest BCUT2D eigenvalue weighted by Crippen LogP contribution is 2.48. The van der Waals surface area contributed by atoms with Crippen molar-refractivity contribution < 1.29 is 0 Å². The van der Waals surface area contributed by atoms with Crippen LogP contribution in [-0.4, -0.2) is 24.0 Å². The van der Waals surface area contributed by atoms with Gasteiger partial charge in [0.1, 0.15) is 0 Å². The fourth-order valence-electron chi connectivity index (χ4n) is 3.70. The number of benzene rings is 1. The Kier molecular flexibility index (Phi) is 4.38. The van der Waals surface area contributed by atoms with Crippen LogP contribution in [0.4, 0.5) is 0 Å². The minimum absolute atomic E-state index is 0.134. The summed E-state index contributed by atoms with van der Waals surface area (Å²) in [5.41, 5.74) is 7.95. The van der Waals surface area contributed by atoms with Crippen LogP contribution in [0.15, 0.2) is 28.7 Å². The van der Waals surface area contributed by atoms with E-state index in [1.807, 2.05) is 0 Å². The summed E-state index contributed by atoms with van der Waals surface area (Å²) in [7, 11) is 2.22. The molecule has 0 bridgehead atoms. The smallest absolute Gasteiger partial charge is 0.0383 e. The lowest BCUT2D eigenvalue weighted by Gasteiger charge is -2.48. The van der Waals surface area contributed by atoms with Gasteiger partial charge in [0.25, 0.3) is 0 Å². The zero-order valence-electron chi connectivity index (χ0n) is 12.2. The first-order valence-electron chi connectivity index (χ1n) is 7.07. The summed E-state index contributed by atoms with van der Waals surface area (Å²) in [6.45, 7) is 6.43. The van der Waals surface area contributed by atoms with Crippen LogP contribution < -0.4 is 5.73 Å². The summed E-state index contributed by atoms with van der Waals surface area (Å²) in [6.07, 6.45) is 3.76. The van der Waals surface area contributed by atoms with E-state index in [4.69, 9.17) is 5.73 Å². The van der Waals surface area contributed by atoms with Gasteiger partial charge in [-0.15, -0.1) is 0 Å². The predicted octanol–water partition coefficient (Wildman–Crippen LogP) is 3.79. The number of hydrogen-bond acceptors (Lipinski definition) is 2. The van der Waals surface area contributed by atoms with Crippen LogP contribution in [0.1, 0.15) is 38.7 Å². The van der Waals surface area contributed by atoms with E-state index in [2.05, 4.69) is 66.0 Å². The Labute approximate surface area is 125 Å². The number of rotatable bonds is 4. The van der Waals surface area contributed by atoms with Crippen molar-refractivity contribution in [3.05, 3.63) is 34.3 Å². The molecule has 2 rings (SSSR count). The Morgan fingerprint density at radius 1 is 1.32 bits per heavy atom. The van der Waals surface area contributed by atoms with Gasteiger partial charge < -0.3 is 5.73 Å². The van der Waals surface area contributed by atoms with E-state index >= 15 is 0 Å². The average Bonchev–Trinajstić information content (AvgIpc) is 2.65. The van der Waals surface area contributed by atoms with E-state index < -0.39 is 0 Å². The molecule has 0 amide bonds. The van der Waals surface area contributed by atoms with Gasteiger partial charge in [0.05, 0.1) is 0 Å². The molecular weight excluding hydrogens is 300 g/mol.